The highest BCUT2D eigenvalue weighted by atomic mass is 32.1. The lowest BCUT2D eigenvalue weighted by molar-refractivity contribution is -0.132. The minimum absolute atomic E-state index is 0.00935. The van der Waals surface area contributed by atoms with E-state index in [9.17, 15) is 14.7 Å². The van der Waals surface area contributed by atoms with Crippen LogP contribution in [0.3, 0.4) is 0 Å². The fourth-order valence-corrected chi connectivity index (χ4v) is 4.95. The van der Waals surface area contributed by atoms with Crippen molar-refractivity contribution in [2.75, 3.05) is 11.5 Å². The number of carbonyl (C=O) groups excluding carboxylic acids is 2. The Bertz CT molecular complexity index is 1380. The lowest BCUT2D eigenvalue weighted by atomic mass is 9.96. The van der Waals surface area contributed by atoms with Crippen LogP contribution in [-0.2, 0) is 9.59 Å². The Morgan fingerprint density at radius 2 is 1.97 bits per heavy atom. The minimum Gasteiger partial charge on any atom is -0.507 e. The number of nitrogens with zero attached hydrogens (tertiary/aromatic N) is 3. The summed E-state index contributed by atoms with van der Waals surface area (Å²) in [6.45, 7) is 2.53. The van der Waals surface area contributed by atoms with Gasteiger partial charge >= 0.3 is 5.91 Å². The van der Waals surface area contributed by atoms with E-state index in [0.29, 0.717) is 28.6 Å². The SMILES string of the molecule is CCCOc1cccc(/C(O)=C2\C(=O)C(=O)N(c3nc4ccccc4s3)C2c2cccnc2)c1. The smallest absolute Gasteiger partial charge is 0.301 e. The number of para-hydroxylation sites is 1. The Hall–Kier alpha value is -4.04. The Balaban J connectivity index is 1.67. The van der Waals surface area contributed by atoms with Gasteiger partial charge in [-0.25, -0.2) is 4.98 Å². The molecule has 0 saturated carbocycles. The van der Waals surface area contributed by atoms with E-state index in [4.69, 9.17) is 4.74 Å². The molecule has 170 valence electrons. The summed E-state index contributed by atoms with van der Waals surface area (Å²) in [4.78, 5) is 36.7. The number of amides is 1. The predicted octanol–water partition coefficient (Wildman–Crippen LogP) is 5.11. The summed E-state index contributed by atoms with van der Waals surface area (Å²) in [5.74, 6) is -1.21. The first-order valence-corrected chi connectivity index (χ1v) is 11.7. The fourth-order valence-electron chi connectivity index (χ4n) is 3.95. The van der Waals surface area contributed by atoms with Gasteiger partial charge in [0.2, 0.25) is 0 Å². The molecule has 0 radical (unpaired) electrons. The standard InChI is InChI=1S/C26H21N3O4S/c1-2-13-33-18-9-5-7-16(14-18)23(30)21-22(17-8-6-12-27-15-17)29(25(32)24(21)31)26-28-19-10-3-4-11-20(19)34-26/h3-12,14-15,22,30H,2,13H2,1H3/b23-21+. The zero-order valence-corrected chi connectivity index (χ0v) is 19.2. The van der Waals surface area contributed by atoms with E-state index < -0.39 is 17.7 Å². The van der Waals surface area contributed by atoms with Crippen LogP contribution in [0.25, 0.3) is 16.0 Å². The van der Waals surface area contributed by atoms with Crippen molar-refractivity contribution in [1.82, 2.24) is 9.97 Å². The van der Waals surface area contributed by atoms with Crippen molar-refractivity contribution < 1.29 is 19.4 Å². The second kappa shape index (κ2) is 9.07. The number of ether oxygens (including phenoxy) is 1. The van der Waals surface area contributed by atoms with Gasteiger partial charge in [0.15, 0.2) is 5.13 Å². The molecule has 5 rings (SSSR count). The second-order valence-electron chi connectivity index (χ2n) is 7.80. The third-order valence-electron chi connectivity index (χ3n) is 5.51. The number of fused-ring (bicyclic) bond motifs is 1. The van der Waals surface area contributed by atoms with Crippen LogP contribution in [0, 0.1) is 0 Å². The predicted molar refractivity (Wildman–Crippen MR) is 131 cm³/mol. The lowest BCUT2D eigenvalue weighted by Crippen LogP contribution is -2.29. The maximum Gasteiger partial charge on any atom is 0.301 e. The summed E-state index contributed by atoms with van der Waals surface area (Å²) in [5, 5.41) is 11.7. The molecule has 1 aliphatic heterocycles. The Morgan fingerprint density at radius 1 is 1.12 bits per heavy atom. The zero-order chi connectivity index (χ0) is 23.7. The maximum atomic E-state index is 13.3. The van der Waals surface area contributed by atoms with Crippen molar-refractivity contribution in [1.29, 1.82) is 0 Å². The Morgan fingerprint density at radius 3 is 2.74 bits per heavy atom. The summed E-state index contributed by atoms with van der Waals surface area (Å²) < 4.78 is 6.57. The van der Waals surface area contributed by atoms with E-state index in [1.54, 1.807) is 48.8 Å². The van der Waals surface area contributed by atoms with Crippen molar-refractivity contribution in [3.63, 3.8) is 0 Å². The van der Waals surface area contributed by atoms with Gasteiger partial charge in [0.1, 0.15) is 11.5 Å². The van der Waals surface area contributed by atoms with E-state index in [2.05, 4.69) is 9.97 Å². The van der Waals surface area contributed by atoms with Crippen LogP contribution in [-0.4, -0.2) is 33.4 Å². The van der Waals surface area contributed by atoms with Crippen LogP contribution in [0.2, 0.25) is 0 Å². The quantitative estimate of drug-likeness (QED) is 0.239. The summed E-state index contributed by atoms with van der Waals surface area (Å²) in [7, 11) is 0. The molecule has 1 fully saturated rings. The topological polar surface area (TPSA) is 92.6 Å². The van der Waals surface area contributed by atoms with Crippen LogP contribution in [0.1, 0.15) is 30.5 Å². The molecule has 4 aromatic rings. The number of hydrogen-bond acceptors (Lipinski definition) is 7. The first kappa shape index (κ1) is 21.8. The van der Waals surface area contributed by atoms with Crippen molar-refractivity contribution in [3.8, 4) is 5.75 Å². The lowest BCUT2D eigenvalue weighted by Gasteiger charge is -2.22. The first-order chi connectivity index (χ1) is 16.6. The number of hydrogen-bond donors (Lipinski definition) is 1. The highest BCUT2D eigenvalue weighted by Gasteiger charge is 2.48. The number of pyridine rings is 1. The first-order valence-electron chi connectivity index (χ1n) is 10.9. The number of anilines is 1. The van der Waals surface area contributed by atoms with Crippen LogP contribution >= 0.6 is 11.3 Å². The second-order valence-corrected chi connectivity index (χ2v) is 8.81. The average Bonchev–Trinajstić information content (AvgIpc) is 3.41. The number of thiazole rings is 1. The van der Waals surface area contributed by atoms with Gasteiger partial charge in [-0.05, 0) is 42.3 Å². The third-order valence-corrected chi connectivity index (χ3v) is 6.55. The van der Waals surface area contributed by atoms with E-state index in [-0.39, 0.29) is 11.3 Å². The molecule has 34 heavy (non-hydrogen) atoms. The van der Waals surface area contributed by atoms with E-state index in [0.717, 1.165) is 16.6 Å². The number of aliphatic hydroxyl groups excluding tert-OH is 1. The molecule has 1 aliphatic rings. The van der Waals surface area contributed by atoms with Gasteiger partial charge < -0.3 is 9.84 Å². The summed E-state index contributed by atoms with van der Waals surface area (Å²) in [5.41, 5.74) is 1.71. The van der Waals surface area contributed by atoms with Crippen LogP contribution < -0.4 is 9.64 Å². The number of Topliss-reactive ketones (excluding diaryl/α,β-unsaturated/α-hetero) is 1. The summed E-state index contributed by atoms with van der Waals surface area (Å²) >= 11 is 1.32. The van der Waals surface area contributed by atoms with Crippen molar-refractivity contribution >= 4 is 44.1 Å². The summed E-state index contributed by atoms with van der Waals surface area (Å²) in [6.07, 6.45) is 4.04. The van der Waals surface area contributed by atoms with Crippen molar-refractivity contribution in [2.45, 2.75) is 19.4 Å². The van der Waals surface area contributed by atoms with Gasteiger partial charge in [0.05, 0.1) is 28.4 Å². The molecule has 0 bridgehead atoms. The average molecular weight is 472 g/mol. The molecule has 7 nitrogen and oxygen atoms in total. The number of carbonyl (C=O) groups is 2. The number of rotatable bonds is 6. The molecule has 2 aromatic heterocycles. The molecule has 1 saturated heterocycles. The number of ketones is 1. The van der Waals surface area contributed by atoms with Crippen molar-refractivity contribution in [3.05, 3.63) is 89.8 Å². The Labute approximate surface area is 200 Å². The molecule has 0 aliphatic carbocycles. The van der Waals surface area contributed by atoms with Gasteiger partial charge in [-0.3, -0.25) is 19.5 Å². The zero-order valence-electron chi connectivity index (χ0n) is 18.3. The van der Waals surface area contributed by atoms with Gasteiger partial charge in [0.25, 0.3) is 5.78 Å². The highest BCUT2D eigenvalue weighted by Crippen LogP contribution is 2.44. The third kappa shape index (κ3) is 3.82. The number of aromatic nitrogens is 2. The van der Waals surface area contributed by atoms with Gasteiger partial charge in [0, 0.05) is 18.0 Å². The highest BCUT2D eigenvalue weighted by molar-refractivity contribution is 7.22. The van der Waals surface area contributed by atoms with E-state index in [1.165, 1.54) is 16.2 Å². The Kier molecular flexibility index (Phi) is 5.81. The van der Waals surface area contributed by atoms with Crippen molar-refractivity contribution in [2.24, 2.45) is 0 Å². The van der Waals surface area contributed by atoms with E-state index >= 15 is 0 Å². The largest absolute Gasteiger partial charge is 0.507 e. The summed E-state index contributed by atoms with van der Waals surface area (Å²) in [6, 6.07) is 17.0. The molecular weight excluding hydrogens is 450 g/mol. The molecule has 8 heteroatoms. The fraction of sp³-hybridized carbons (Fsp3) is 0.154. The molecule has 3 heterocycles. The van der Waals surface area contributed by atoms with E-state index in [1.807, 2.05) is 31.2 Å². The molecule has 1 N–H and O–H groups in total. The normalized spacial score (nSPS) is 17.4. The molecule has 2 aromatic carbocycles. The van der Waals surface area contributed by atoms with Gasteiger partial charge in [-0.1, -0.05) is 48.6 Å². The molecular formula is C26H21N3O4S. The number of benzene rings is 2. The molecule has 1 unspecified atom stereocenters. The van der Waals surface area contributed by atoms with Gasteiger partial charge in [-0.2, -0.15) is 0 Å². The van der Waals surface area contributed by atoms with Gasteiger partial charge in [-0.15, -0.1) is 0 Å². The molecule has 1 amide bonds. The number of aliphatic hydroxyl groups is 1. The maximum absolute atomic E-state index is 13.3. The monoisotopic (exact) mass is 471 g/mol. The minimum atomic E-state index is -0.866. The van der Waals surface area contributed by atoms with Crippen LogP contribution in [0.15, 0.2) is 78.6 Å². The molecule has 1 atom stereocenters. The molecule has 0 spiro atoms. The van der Waals surface area contributed by atoms with Crippen LogP contribution in [0.5, 0.6) is 5.75 Å². The van der Waals surface area contributed by atoms with Crippen LogP contribution in [0.4, 0.5) is 5.13 Å².